The van der Waals surface area contributed by atoms with Crippen LogP contribution in [0.1, 0.15) is 16.7 Å². The number of fused-ring (bicyclic) bond motifs is 1. The van der Waals surface area contributed by atoms with Gasteiger partial charge in [0.15, 0.2) is 5.17 Å². The van der Waals surface area contributed by atoms with Gasteiger partial charge in [0.05, 0.1) is 17.5 Å². The third-order valence-electron chi connectivity index (χ3n) is 5.41. The van der Waals surface area contributed by atoms with Crippen molar-refractivity contribution in [1.82, 2.24) is 4.90 Å². The topological polar surface area (TPSA) is 78.1 Å². The second-order valence-corrected chi connectivity index (χ2v) is 10.8. The van der Waals surface area contributed by atoms with Gasteiger partial charge in [-0.15, -0.1) is 0 Å². The molecule has 6 nitrogen and oxygen atoms in total. The van der Waals surface area contributed by atoms with Gasteiger partial charge in [-0.2, -0.15) is 9.39 Å². The molecule has 0 unspecified atom stereocenters. The van der Waals surface area contributed by atoms with Gasteiger partial charge >= 0.3 is 0 Å². The smallest absolute Gasteiger partial charge is 0.283 e. The Morgan fingerprint density at radius 1 is 1.03 bits per heavy atom. The number of thioether (sulfide) groups is 1. The van der Waals surface area contributed by atoms with Crippen molar-refractivity contribution in [2.45, 2.75) is 12.4 Å². The van der Waals surface area contributed by atoms with Crippen LogP contribution in [0.4, 0.5) is 0 Å². The second-order valence-electron chi connectivity index (χ2n) is 7.85. The Balaban J connectivity index is 1.40. The molecule has 186 valence electrons. The number of nitrogens with zero attached hydrogens (tertiary/aromatic N) is 3. The summed E-state index contributed by atoms with van der Waals surface area (Å²) < 4.78 is 10.4. The van der Waals surface area contributed by atoms with Crippen LogP contribution >= 0.6 is 58.5 Å². The molecular weight excluding hydrogens is 571 g/mol. The number of nitrogens with one attached hydrogen (secondary N) is 1. The molecule has 3 aromatic carbocycles. The number of halogens is 3. The lowest BCUT2D eigenvalue weighted by Crippen LogP contribution is -2.41. The lowest BCUT2D eigenvalue weighted by atomic mass is 10.1. The summed E-state index contributed by atoms with van der Waals surface area (Å²) in [4.78, 5) is 18.7. The summed E-state index contributed by atoms with van der Waals surface area (Å²) in [6, 6.07) is 20.2. The third kappa shape index (κ3) is 5.73. The van der Waals surface area contributed by atoms with Crippen molar-refractivity contribution in [3.05, 3.63) is 104 Å². The highest BCUT2D eigenvalue weighted by atomic mass is 35.5. The van der Waals surface area contributed by atoms with Gasteiger partial charge in [-0.1, -0.05) is 83.0 Å². The lowest BCUT2D eigenvalue weighted by Gasteiger charge is -2.24. The maximum Gasteiger partial charge on any atom is 0.283 e. The number of amides is 1. The Morgan fingerprint density at radius 2 is 1.78 bits per heavy atom. The Hall–Kier alpha value is -2.75. The van der Waals surface area contributed by atoms with Crippen LogP contribution in [0, 0.1) is 5.41 Å². The minimum absolute atomic E-state index is 0.0145. The van der Waals surface area contributed by atoms with E-state index in [1.54, 1.807) is 47.4 Å². The minimum atomic E-state index is -0.534. The van der Waals surface area contributed by atoms with E-state index >= 15 is 0 Å². The fourth-order valence-electron chi connectivity index (χ4n) is 3.56. The molecule has 0 bridgehead atoms. The average Bonchev–Trinajstić information content (AvgIpc) is 3.29. The van der Waals surface area contributed by atoms with E-state index in [-0.39, 0.29) is 18.0 Å². The first-order valence-electron chi connectivity index (χ1n) is 10.9. The van der Waals surface area contributed by atoms with Crippen molar-refractivity contribution in [3.8, 4) is 5.75 Å². The second kappa shape index (κ2) is 11.3. The monoisotopic (exact) mass is 586 g/mol. The molecule has 1 amide bonds. The fraction of sp³-hybridized carbons (Fsp3) is 0.0769. The summed E-state index contributed by atoms with van der Waals surface area (Å²) in [6.07, 6.45) is 1.56. The molecule has 0 fully saturated rings. The largest absolute Gasteiger partial charge is 0.488 e. The molecule has 0 aliphatic carbocycles. The molecule has 2 aliphatic heterocycles. The van der Waals surface area contributed by atoms with Gasteiger partial charge in [0, 0.05) is 31.9 Å². The van der Waals surface area contributed by atoms with Crippen LogP contribution in [0.25, 0.3) is 6.08 Å². The molecule has 1 N–H and O–H groups in total. The average molecular weight is 588 g/mol. The van der Waals surface area contributed by atoms with Gasteiger partial charge in [0.1, 0.15) is 18.2 Å². The predicted molar refractivity (Wildman–Crippen MR) is 155 cm³/mol. The van der Waals surface area contributed by atoms with E-state index in [4.69, 9.17) is 44.9 Å². The summed E-state index contributed by atoms with van der Waals surface area (Å²) in [7, 11) is 0. The molecule has 0 radical (unpaired) electrons. The van der Waals surface area contributed by atoms with Crippen molar-refractivity contribution in [2.24, 2.45) is 9.39 Å². The fourth-order valence-corrected chi connectivity index (χ4v) is 6.04. The van der Waals surface area contributed by atoms with Gasteiger partial charge < -0.3 is 4.74 Å². The minimum Gasteiger partial charge on any atom is -0.488 e. The molecule has 11 heteroatoms. The summed E-state index contributed by atoms with van der Waals surface area (Å²) in [6.45, 7) is 0.111. The number of hydrogen-bond acceptors (Lipinski definition) is 6. The predicted octanol–water partition coefficient (Wildman–Crippen LogP) is 7.74. The van der Waals surface area contributed by atoms with Crippen LogP contribution in [0.5, 0.6) is 5.75 Å². The van der Waals surface area contributed by atoms with E-state index in [1.165, 1.54) is 11.8 Å². The maximum absolute atomic E-state index is 12.9. The number of ether oxygens (including phenoxy) is 1. The first-order valence-corrected chi connectivity index (χ1v) is 13.8. The Morgan fingerprint density at radius 3 is 2.54 bits per heavy atom. The summed E-state index contributed by atoms with van der Waals surface area (Å²) in [5.74, 6) is 0.570. The molecule has 37 heavy (non-hydrogen) atoms. The number of hydrogen-bond donors (Lipinski definition) is 1. The summed E-state index contributed by atoms with van der Waals surface area (Å²) in [5.41, 5.74) is 2.38. The summed E-state index contributed by atoms with van der Waals surface area (Å²) >= 11 is 21.4. The Labute approximate surface area is 237 Å². The number of carbonyl (C=O) groups excluding carboxylic acids is 1. The van der Waals surface area contributed by atoms with E-state index < -0.39 is 5.91 Å². The maximum atomic E-state index is 12.9. The molecule has 0 saturated carbocycles. The van der Waals surface area contributed by atoms with Crippen molar-refractivity contribution in [2.75, 3.05) is 0 Å². The molecule has 0 saturated heterocycles. The zero-order valence-electron chi connectivity index (χ0n) is 19.0. The SMILES string of the molecule is N=C1C(=Cc2cc(Cl)ccc2OCc2c(Cl)cccc2Cl)C(=O)N=C2SN=C(SCc3ccccc3)N12. The standard InChI is InChI=1S/C26H17Cl3N4O2S2/c27-17-9-10-22(35-13-19-20(28)7-4-8-21(19)29)16(11-17)12-18-23(30)33-25(31-24(18)34)37-32-26(33)36-14-15-5-2-1-3-6-15/h1-12,30H,13-14H2. The van der Waals surface area contributed by atoms with Crippen LogP contribution < -0.4 is 4.74 Å². The molecule has 3 aromatic rings. The first kappa shape index (κ1) is 25.9. The van der Waals surface area contributed by atoms with Crippen molar-refractivity contribution >= 4 is 86.7 Å². The van der Waals surface area contributed by atoms with E-state index in [0.717, 1.165) is 17.5 Å². The van der Waals surface area contributed by atoms with Crippen molar-refractivity contribution in [1.29, 1.82) is 5.41 Å². The molecule has 5 rings (SSSR count). The van der Waals surface area contributed by atoms with E-state index in [1.807, 2.05) is 30.3 Å². The van der Waals surface area contributed by atoms with Crippen LogP contribution in [0.3, 0.4) is 0 Å². The molecular formula is C26H17Cl3N4O2S2. The van der Waals surface area contributed by atoms with Gasteiger partial charge in [-0.25, -0.2) is 4.90 Å². The number of rotatable bonds is 6. The van der Waals surface area contributed by atoms with Gasteiger partial charge in [-0.05, 0) is 42.0 Å². The molecule has 0 spiro atoms. The van der Waals surface area contributed by atoms with E-state index in [0.29, 0.717) is 48.0 Å². The van der Waals surface area contributed by atoms with Gasteiger partial charge in [0.2, 0.25) is 5.17 Å². The number of benzene rings is 3. The third-order valence-corrected chi connectivity index (χ3v) is 8.18. The Kier molecular flexibility index (Phi) is 7.92. The molecule has 2 aliphatic rings. The van der Waals surface area contributed by atoms with Crippen molar-refractivity contribution < 1.29 is 9.53 Å². The van der Waals surface area contributed by atoms with Crippen LogP contribution in [0.2, 0.25) is 15.1 Å². The molecule has 2 heterocycles. The quantitative estimate of drug-likeness (QED) is 0.236. The van der Waals surface area contributed by atoms with Crippen molar-refractivity contribution in [3.63, 3.8) is 0 Å². The van der Waals surface area contributed by atoms with Crippen LogP contribution in [0.15, 0.2) is 81.7 Å². The number of carbonyl (C=O) groups is 1. The van der Waals surface area contributed by atoms with E-state index in [2.05, 4.69) is 9.39 Å². The summed E-state index contributed by atoms with van der Waals surface area (Å²) in [5, 5.41) is 11.2. The number of amidine groups is 3. The highest BCUT2D eigenvalue weighted by Gasteiger charge is 2.37. The Bertz CT molecular complexity index is 1470. The molecule has 0 aromatic heterocycles. The number of aliphatic imine (C=N–C) groups is 1. The lowest BCUT2D eigenvalue weighted by molar-refractivity contribution is -0.114. The zero-order chi connectivity index (χ0) is 25.9. The van der Waals surface area contributed by atoms with Gasteiger partial charge in [0.25, 0.3) is 5.91 Å². The van der Waals surface area contributed by atoms with E-state index in [9.17, 15) is 4.79 Å². The van der Waals surface area contributed by atoms with Crippen LogP contribution in [-0.2, 0) is 17.2 Å². The van der Waals surface area contributed by atoms with Crippen LogP contribution in [-0.4, -0.2) is 27.0 Å². The first-order chi connectivity index (χ1) is 17.9. The highest BCUT2D eigenvalue weighted by Crippen LogP contribution is 2.35. The highest BCUT2D eigenvalue weighted by molar-refractivity contribution is 8.18. The normalized spacial score (nSPS) is 16.1. The zero-order valence-corrected chi connectivity index (χ0v) is 22.9. The van der Waals surface area contributed by atoms with Gasteiger partial charge in [-0.3, -0.25) is 10.2 Å². The molecule has 0 atom stereocenters.